The van der Waals surface area contributed by atoms with E-state index in [0.29, 0.717) is 26.2 Å². The quantitative estimate of drug-likeness (QED) is 0.475. The van der Waals surface area contributed by atoms with Crippen LogP contribution in [0.3, 0.4) is 0 Å². The molecule has 1 amide bonds. The Morgan fingerprint density at radius 3 is 2.68 bits per heavy atom. The zero-order chi connectivity index (χ0) is 20.4. The van der Waals surface area contributed by atoms with Gasteiger partial charge in [-0.05, 0) is 36.6 Å². The minimum atomic E-state index is 0.0868. The van der Waals surface area contributed by atoms with Gasteiger partial charge in [-0.3, -0.25) is 4.79 Å². The maximum Gasteiger partial charge on any atom is 0.226 e. The first-order chi connectivity index (χ1) is 13.6. The number of aromatic nitrogens is 1. The second-order valence-corrected chi connectivity index (χ2v) is 7.63. The summed E-state index contributed by atoms with van der Waals surface area (Å²) in [5.41, 5.74) is 2.18. The lowest BCUT2D eigenvalue weighted by Crippen LogP contribution is -2.38. The summed E-state index contributed by atoms with van der Waals surface area (Å²) < 4.78 is 7.43. The van der Waals surface area contributed by atoms with Gasteiger partial charge in [0, 0.05) is 43.0 Å². The summed E-state index contributed by atoms with van der Waals surface area (Å²) in [4.78, 5) is 15.1. The van der Waals surface area contributed by atoms with Crippen molar-refractivity contribution in [1.29, 1.82) is 0 Å². The molecule has 154 valence electrons. The molecule has 28 heavy (non-hydrogen) atoms. The van der Waals surface area contributed by atoms with Crippen molar-refractivity contribution in [1.82, 2.24) is 9.47 Å². The summed E-state index contributed by atoms with van der Waals surface area (Å²) in [7, 11) is 1.68. The van der Waals surface area contributed by atoms with Crippen molar-refractivity contribution in [3.8, 4) is 0 Å². The first-order valence-electron chi connectivity index (χ1n) is 10.3. The number of ether oxygens (including phenoxy) is 1. The van der Waals surface area contributed by atoms with E-state index in [2.05, 4.69) is 24.5 Å². The SMILES string of the molecule is CCCC[C@H](CC)C(=O)N(CCOC)Cc1cccn1Cc1ccccc1Cl. The molecule has 0 aliphatic rings. The Bertz CT molecular complexity index is 729. The number of benzene rings is 1. The van der Waals surface area contributed by atoms with Crippen molar-refractivity contribution in [3.63, 3.8) is 0 Å². The number of hydrogen-bond donors (Lipinski definition) is 0. The molecule has 2 rings (SSSR count). The van der Waals surface area contributed by atoms with Crippen LogP contribution >= 0.6 is 11.6 Å². The predicted molar refractivity (Wildman–Crippen MR) is 116 cm³/mol. The summed E-state index contributed by atoms with van der Waals surface area (Å²) in [6.45, 7) is 6.70. The minimum absolute atomic E-state index is 0.0868. The van der Waals surface area contributed by atoms with E-state index in [9.17, 15) is 4.79 Å². The molecular weight excluding hydrogens is 372 g/mol. The van der Waals surface area contributed by atoms with Gasteiger partial charge in [0.05, 0.1) is 13.2 Å². The van der Waals surface area contributed by atoms with Crippen LogP contribution in [0.15, 0.2) is 42.6 Å². The van der Waals surface area contributed by atoms with E-state index in [1.807, 2.05) is 41.4 Å². The van der Waals surface area contributed by atoms with Gasteiger partial charge in [0.2, 0.25) is 5.91 Å². The Kier molecular flexibility index (Phi) is 9.59. The van der Waals surface area contributed by atoms with Gasteiger partial charge >= 0.3 is 0 Å². The maximum absolute atomic E-state index is 13.2. The van der Waals surface area contributed by atoms with Crippen molar-refractivity contribution in [3.05, 3.63) is 58.9 Å². The lowest BCUT2D eigenvalue weighted by molar-refractivity contribution is -0.137. The number of carbonyl (C=O) groups excluding carboxylic acids is 1. The lowest BCUT2D eigenvalue weighted by Gasteiger charge is -2.27. The number of carbonyl (C=O) groups is 1. The third kappa shape index (κ3) is 6.39. The van der Waals surface area contributed by atoms with Crippen molar-refractivity contribution in [2.45, 2.75) is 52.6 Å². The van der Waals surface area contributed by atoms with E-state index in [0.717, 1.165) is 42.0 Å². The molecule has 2 aromatic rings. The molecule has 0 bridgehead atoms. The summed E-state index contributed by atoms with van der Waals surface area (Å²) in [5, 5.41) is 0.764. The highest BCUT2D eigenvalue weighted by Crippen LogP contribution is 2.20. The van der Waals surface area contributed by atoms with Crippen molar-refractivity contribution >= 4 is 17.5 Å². The van der Waals surface area contributed by atoms with Gasteiger partial charge in [-0.25, -0.2) is 0 Å². The van der Waals surface area contributed by atoms with Crippen LogP contribution in [0.5, 0.6) is 0 Å². The average Bonchev–Trinajstić information content (AvgIpc) is 3.14. The monoisotopic (exact) mass is 404 g/mol. The Hall–Kier alpha value is -1.78. The van der Waals surface area contributed by atoms with E-state index < -0.39 is 0 Å². The largest absolute Gasteiger partial charge is 0.383 e. The number of nitrogens with zero attached hydrogens (tertiary/aromatic N) is 2. The predicted octanol–water partition coefficient (Wildman–Crippen LogP) is 5.38. The fraction of sp³-hybridized carbons (Fsp3) is 0.522. The van der Waals surface area contributed by atoms with Crippen LogP contribution < -0.4 is 0 Å². The molecular formula is C23H33ClN2O2. The zero-order valence-electron chi connectivity index (χ0n) is 17.4. The molecule has 0 unspecified atom stereocenters. The molecule has 0 saturated carbocycles. The average molecular weight is 405 g/mol. The molecule has 1 aromatic heterocycles. The normalized spacial score (nSPS) is 12.1. The number of hydrogen-bond acceptors (Lipinski definition) is 2. The van der Waals surface area contributed by atoms with Crippen molar-refractivity contribution in [2.24, 2.45) is 5.92 Å². The minimum Gasteiger partial charge on any atom is -0.383 e. The fourth-order valence-corrected chi connectivity index (χ4v) is 3.63. The summed E-state index contributed by atoms with van der Waals surface area (Å²) in [6, 6.07) is 12.0. The van der Waals surface area contributed by atoms with E-state index in [1.54, 1.807) is 7.11 Å². The molecule has 5 heteroatoms. The van der Waals surface area contributed by atoms with Gasteiger partial charge in [-0.2, -0.15) is 0 Å². The van der Waals surface area contributed by atoms with Gasteiger partial charge < -0.3 is 14.2 Å². The second kappa shape index (κ2) is 11.9. The number of unbranched alkanes of at least 4 members (excludes halogenated alkanes) is 1. The Morgan fingerprint density at radius 2 is 2.00 bits per heavy atom. The molecule has 0 saturated heterocycles. The number of amides is 1. The maximum atomic E-state index is 13.2. The molecule has 0 spiro atoms. The smallest absolute Gasteiger partial charge is 0.226 e. The van der Waals surface area contributed by atoms with Gasteiger partial charge in [0.1, 0.15) is 0 Å². The van der Waals surface area contributed by atoms with E-state index >= 15 is 0 Å². The highest BCUT2D eigenvalue weighted by Gasteiger charge is 2.23. The lowest BCUT2D eigenvalue weighted by atomic mass is 9.97. The van der Waals surface area contributed by atoms with Crippen LogP contribution in [0.1, 0.15) is 50.8 Å². The van der Waals surface area contributed by atoms with Crippen LogP contribution in [0.2, 0.25) is 5.02 Å². The molecule has 0 radical (unpaired) electrons. The number of rotatable bonds is 12. The Morgan fingerprint density at radius 1 is 1.21 bits per heavy atom. The summed E-state index contributed by atoms with van der Waals surface area (Å²) in [6.07, 6.45) is 6.08. The van der Waals surface area contributed by atoms with Crippen LogP contribution in [0.25, 0.3) is 0 Å². The fourth-order valence-electron chi connectivity index (χ4n) is 3.43. The van der Waals surface area contributed by atoms with Crippen molar-refractivity contribution in [2.75, 3.05) is 20.3 Å². The van der Waals surface area contributed by atoms with Gasteiger partial charge in [0.15, 0.2) is 0 Å². The summed E-state index contributed by atoms with van der Waals surface area (Å²) in [5.74, 6) is 0.322. The van der Waals surface area contributed by atoms with E-state index in [4.69, 9.17) is 16.3 Å². The Labute approximate surface area is 174 Å². The highest BCUT2D eigenvalue weighted by molar-refractivity contribution is 6.31. The third-order valence-electron chi connectivity index (χ3n) is 5.20. The third-order valence-corrected chi connectivity index (χ3v) is 5.57. The van der Waals surface area contributed by atoms with Crippen LogP contribution in [0.4, 0.5) is 0 Å². The van der Waals surface area contributed by atoms with Crippen LogP contribution in [0, 0.1) is 5.92 Å². The molecule has 1 heterocycles. The first-order valence-corrected chi connectivity index (χ1v) is 10.6. The molecule has 0 fully saturated rings. The molecule has 1 atom stereocenters. The standard InChI is InChI=1S/C23H33ClN2O2/c1-4-6-10-19(5-2)23(27)26(15-16-28-3)18-21-12-9-14-25(21)17-20-11-7-8-13-22(20)24/h7-9,11-14,19H,4-6,10,15-18H2,1-3H3/t19-/m0/s1. The number of halogens is 1. The molecule has 4 nitrogen and oxygen atoms in total. The van der Waals surface area contributed by atoms with E-state index in [-0.39, 0.29) is 11.8 Å². The van der Waals surface area contributed by atoms with E-state index in [1.165, 1.54) is 0 Å². The first kappa shape index (κ1) is 22.5. The number of methoxy groups -OCH3 is 1. The van der Waals surface area contributed by atoms with Gasteiger partial charge in [-0.1, -0.05) is 56.5 Å². The molecule has 0 aliphatic heterocycles. The highest BCUT2D eigenvalue weighted by atomic mass is 35.5. The topological polar surface area (TPSA) is 34.5 Å². The van der Waals surface area contributed by atoms with Gasteiger partial charge in [-0.15, -0.1) is 0 Å². The van der Waals surface area contributed by atoms with Gasteiger partial charge in [0.25, 0.3) is 0 Å². The van der Waals surface area contributed by atoms with Crippen LogP contribution in [-0.2, 0) is 22.6 Å². The molecule has 0 aliphatic carbocycles. The van der Waals surface area contributed by atoms with Crippen molar-refractivity contribution < 1.29 is 9.53 Å². The molecule has 0 N–H and O–H groups in total. The summed E-state index contributed by atoms with van der Waals surface area (Å²) >= 11 is 6.33. The van der Waals surface area contributed by atoms with Crippen LogP contribution in [-0.4, -0.2) is 35.6 Å². The molecule has 1 aromatic carbocycles. The second-order valence-electron chi connectivity index (χ2n) is 7.22. The zero-order valence-corrected chi connectivity index (χ0v) is 18.1. The Balaban J connectivity index is 2.15.